The van der Waals surface area contributed by atoms with Crippen LogP contribution >= 0.6 is 0 Å². The molecule has 0 aliphatic rings. The smallest absolute Gasteiger partial charge is 0.0282 e. The predicted molar refractivity (Wildman–Crippen MR) is 46.6 cm³/mol. The molecule has 0 fully saturated rings. The van der Waals surface area contributed by atoms with Crippen molar-refractivity contribution in [3.05, 3.63) is 23.8 Å². The zero-order valence-electron chi connectivity index (χ0n) is 6.94. The summed E-state index contributed by atoms with van der Waals surface area (Å²) in [5.41, 5.74) is 1.94. The van der Waals surface area contributed by atoms with E-state index in [1.165, 1.54) is 5.57 Å². The minimum absolute atomic E-state index is 0.597. The summed E-state index contributed by atoms with van der Waals surface area (Å²) in [6.45, 7) is 5.98. The molecular weight excluding hydrogens is 122 g/mol. The molecule has 0 radical (unpaired) electrons. The van der Waals surface area contributed by atoms with Gasteiger partial charge in [-0.1, -0.05) is 24.6 Å². The van der Waals surface area contributed by atoms with Crippen molar-refractivity contribution in [1.29, 1.82) is 5.41 Å². The molecule has 0 aromatic rings. The Morgan fingerprint density at radius 2 is 2.00 bits per heavy atom. The van der Waals surface area contributed by atoms with Crippen LogP contribution in [0.5, 0.6) is 0 Å². The number of rotatable bonds is 3. The Morgan fingerprint density at radius 1 is 1.40 bits per heavy atom. The summed E-state index contributed by atoms with van der Waals surface area (Å²) >= 11 is 0. The van der Waals surface area contributed by atoms with Crippen LogP contribution in [0.1, 0.15) is 27.2 Å². The van der Waals surface area contributed by atoms with E-state index < -0.39 is 0 Å². The van der Waals surface area contributed by atoms with Crippen molar-refractivity contribution in [2.24, 2.45) is 0 Å². The van der Waals surface area contributed by atoms with Gasteiger partial charge in [0, 0.05) is 5.71 Å². The molecule has 56 valence electrons. The van der Waals surface area contributed by atoms with E-state index in [1.807, 2.05) is 12.2 Å². The third kappa shape index (κ3) is 5.29. The first-order valence-corrected chi connectivity index (χ1v) is 3.55. The summed E-state index contributed by atoms with van der Waals surface area (Å²) in [5.74, 6) is 0. The monoisotopic (exact) mass is 137 g/mol. The predicted octanol–water partition coefficient (Wildman–Crippen LogP) is 2.94. The van der Waals surface area contributed by atoms with E-state index in [0.717, 1.165) is 6.42 Å². The molecular formula is C9H15N. The minimum Gasteiger partial charge on any atom is -0.306 e. The highest BCUT2D eigenvalue weighted by molar-refractivity contribution is 5.90. The Balaban J connectivity index is 3.82. The van der Waals surface area contributed by atoms with Crippen LogP contribution in [-0.2, 0) is 0 Å². The lowest BCUT2D eigenvalue weighted by atomic mass is 10.2. The maximum Gasteiger partial charge on any atom is 0.0282 e. The van der Waals surface area contributed by atoms with E-state index in [1.54, 1.807) is 13.0 Å². The fourth-order valence-electron chi connectivity index (χ4n) is 0.475. The first-order valence-electron chi connectivity index (χ1n) is 3.55. The molecule has 0 saturated heterocycles. The third-order valence-electron chi connectivity index (χ3n) is 1.28. The first kappa shape index (κ1) is 9.15. The highest BCUT2D eigenvalue weighted by atomic mass is 14.4. The van der Waals surface area contributed by atoms with E-state index in [9.17, 15) is 0 Å². The lowest BCUT2D eigenvalue weighted by Crippen LogP contribution is -1.76. The lowest BCUT2D eigenvalue weighted by molar-refractivity contribution is 1.10. The van der Waals surface area contributed by atoms with Crippen LogP contribution in [0.2, 0.25) is 0 Å². The Bertz CT molecular complexity index is 164. The van der Waals surface area contributed by atoms with Gasteiger partial charge in [0.05, 0.1) is 0 Å². The molecule has 0 rings (SSSR count). The summed E-state index contributed by atoms with van der Waals surface area (Å²) in [6.07, 6.45) is 6.83. The maximum absolute atomic E-state index is 7.08. The van der Waals surface area contributed by atoms with Crippen LogP contribution in [0.25, 0.3) is 0 Å². The van der Waals surface area contributed by atoms with Crippen molar-refractivity contribution in [2.45, 2.75) is 27.2 Å². The van der Waals surface area contributed by atoms with Crippen LogP contribution in [-0.4, -0.2) is 5.71 Å². The normalized spacial score (nSPS) is 12.5. The van der Waals surface area contributed by atoms with Gasteiger partial charge in [0.2, 0.25) is 0 Å². The van der Waals surface area contributed by atoms with E-state index in [2.05, 4.69) is 13.8 Å². The summed E-state index contributed by atoms with van der Waals surface area (Å²) in [5, 5.41) is 7.08. The van der Waals surface area contributed by atoms with Crippen molar-refractivity contribution in [2.75, 3.05) is 0 Å². The standard InChI is InChI=1S/C9H15N/c1-4-8(2)6-5-7-9(3)10/h5-7,10H,4H2,1-3H3/b7-5-,8-6-,10-9?. The van der Waals surface area contributed by atoms with Gasteiger partial charge in [0.15, 0.2) is 0 Å². The van der Waals surface area contributed by atoms with Crippen LogP contribution in [0.4, 0.5) is 0 Å². The highest BCUT2D eigenvalue weighted by Crippen LogP contribution is 1.97. The summed E-state index contributed by atoms with van der Waals surface area (Å²) < 4.78 is 0. The molecule has 0 aliphatic carbocycles. The fourth-order valence-corrected chi connectivity index (χ4v) is 0.475. The molecule has 0 saturated carbocycles. The summed E-state index contributed by atoms with van der Waals surface area (Å²) in [4.78, 5) is 0. The van der Waals surface area contributed by atoms with Crippen molar-refractivity contribution in [3.8, 4) is 0 Å². The minimum atomic E-state index is 0.597. The Morgan fingerprint density at radius 3 is 2.40 bits per heavy atom. The van der Waals surface area contributed by atoms with Gasteiger partial charge in [-0.05, 0) is 26.3 Å². The second kappa shape index (κ2) is 4.98. The van der Waals surface area contributed by atoms with Crippen LogP contribution in [0.3, 0.4) is 0 Å². The molecule has 0 spiro atoms. The molecule has 0 aromatic carbocycles. The van der Waals surface area contributed by atoms with E-state index in [0.29, 0.717) is 5.71 Å². The average Bonchev–Trinajstić information content (AvgIpc) is 1.87. The molecule has 0 aliphatic heterocycles. The van der Waals surface area contributed by atoms with E-state index in [4.69, 9.17) is 5.41 Å². The molecule has 1 heteroatoms. The molecule has 0 unspecified atom stereocenters. The van der Waals surface area contributed by atoms with Crippen molar-refractivity contribution in [1.82, 2.24) is 0 Å². The van der Waals surface area contributed by atoms with Crippen LogP contribution in [0, 0.1) is 5.41 Å². The van der Waals surface area contributed by atoms with Gasteiger partial charge in [-0.3, -0.25) is 0 Å². The lowest BCUT2D eigenvalue weighted by Gasteiger charge is -1.88. The molecule has 1 N–H and O–H groups in total. The van der Waals surface area contributed by atoms with Gasteiger partial charge in [0.1, 0.15) is 0 Å². The second-order valence-electron chi connectivity index (χ2n) is 2.41. The van der Waals surface area contributed by atoms with Crippen LogP contribution < -0.4 is 0 Å². The molecule has 10 heavy (non-hydrogen) atoms. The third-order valence-corrected chi connectivity index (χ3v) is 1.28. The molecule has 0 heterocycles. The maximum atomic E-state index is 7.08. The number of nitrogens with one attached hydrogen (secondary N) is 1. The molecule has 0 amide bonds. The fraction of sp³-hybridized carbons (Fsp3) is 0.444. The molecule has 0 atom stereocenters. The topological polar surface area (TPSA) is 23.9 Å². The number of allylic oxidation sites excluding steroid dienone is 4. The Hall–Kier alpha value is -0.850. The Kier molecular flexibility index (Phi) is 4.55. The van der Waals surface area contributed by atoms with E-state index in [-0.39, 0.29) is 0 Å². The molecule has 0 bridgehead atoms. The number of hydrogen-bond donors (Lipinski definition) is 1. The summed E-state index contributed by atoms with van der Waals surface area (Å²) in [7, 11) is 0. The van der Waals surface area contributed by atoms with Gasteiger partial charge < -0.3 is 5.41 Å². The largest absolute Gasteiger partial charge is 0.306 e. The van der Waals surface area contributed by atoms with Gasteiger partial charge in [0.25, 0.3) is 0 Å². The first-order chi connectivity index (χ1) is 4.66. The van der Waals surface area contributed by atoms with Crippen molar-refractivity contribution < 1.29 is 0 Å². The van der Waals surface area contributed by atoms with Crippen LogP contribution in [0.15, 0.2) is 23.8 Å². The van der Waals surface area contributed by atoms with Gasteiger partial charge >= 0.3 is 0 Å². The summed E-state index contributed by atoms with van der Waals surface area (Å²) in [6, 6.07) is 0. The molecule has 0 aromatic heterocycles. The Labute approximate surface area is 63.0 Å². The molecule has 1 nitrogen and oxygen atoms in total. The van der Waals surface area contributed by atoms with Gasteiger partial charge in [-0.15, -0.1) is 0 Å². The zero-order valence-corrected chi connectivity index (χ0v) is 6.94. The quantitative estimate of drug-likeness (QED) is 0.457. The van der Waals surface area contributed by atoms with E-state index >= 15 is 0 Å². The number of hydrogen-bond acceptors (Lipinski definition) is 1. The van der Waals surface area contributed by atoms with Crippen molar-refractivity contribution >= 4 is 5.71 Å². The second-order valence-corrected chi connectivity index (χ2v) is 2.41. The van der Waals surface area contributed by atoms with Gasteiger partial charge in [-0.2, -0.15) is 0 Å². The van der Waals surface area contributed by atoms with Gasteiger partial charge in [-0.25, -0.2) is 0 Å². The highest BCUT2D eigenvalue weighted by Gasteiger charge is 1.78. The zero-order chi connectivity index (χ0) is 7.98. The SMILES string of the molecule is CC/C(C)=C\C=C/C(C)=N. The van der Waals surface area contributed by atoms with Crippen molar-refractivity contribution in [3.63, 3.8) is 0 Å². The average molecular weight is 137 g/mol.